The Morgan fingerprint density at radius 3 is 2.42 bits per heavy atom. The van der Waals surface area contributed by atoms with E-state index < -0.39 is 22.8 Å². The number of amides is 4. The summed E-state index contributed by atoms with van der Waals surface area (Å²) in [6.07, 6.45) is 1.36. The van der Waals surface area contributed by atoms with E-state index in [0.717, 1.165) is 10.5 Å². The number of anilines is 1. The highest BCUT2D eigenvalue weighted by atomic mass is 35.5. The van der Waals surface area contributed by atoms with Crippen LogP contribution in [0.1, 0.15) is 22.3 Å². The summed E-state index contributed by atoms with van der Waals surface area (Å²) >= 11 is 6.35. The standard InChI is InChI=1S/C26H20ClN3O6/c1-15-3-4-16(2)22(11-15)29-25(32)20(24(31)28-26(29)33)12-18-7-10-23(21(27)13-18)36-14-17-5-8-19(9-6-17)30(34)35/h3-13H,14H2,1-2H3,(H,28,31,33)/b20-12+. The van der Waals surface area contributed by atoms with E-state index in [9.17, 15) is 24.5 Å². The molecule has 0 aliphatic carbocycles. The molecular formula is C26H20ClN3O6. The number of carbonyl (C=O) groups excluding carboxylic acids is 3. The smallest absolute Gasteiger partial charge is 0.335 e. The molecule has 0 radical (unpaired) electrons. The van der Waals surface area contributed by atoms with Gasteiger partial charge in [-0.1, -0.05) is 29.8 Å². The molecule has 4 rings (SSSR count). The van der Waals surface area contributed by atoms with Gasteiger partial charge in [-0.2, -0.15) is 0 Å². The van der Waals surface area contributed by atoms with Gasteiger partial charge in [0.05, 0.1) is 15.6 Å². The number of non-ortho nitro benzene ring substituents is 1. The van der Waals surface area contributed by atoms with Crippen molar-refractivity contribution in [2.45, 2.75) is 20.5 Å². The van der Waals surface area contributed by atoms with Crippen molar-refractivity contribution >= 4 is 46.9 Å². The van der Waals surface area contributed by atoms with E-state index in [1.807, 2.05) is 13.0 Å². The topological polar surface area (TPSA) is 119 Å². The average Bonchev–Trinajstić information content (AvgIpc) is 2.83. The minimum Gasteiger partial charge on any atom is -0.487 e. The van der Waals surface area contributed by atoms with Crippen LogP contribution in [0.4, 0.5) is 16.2 Å². The van der Waals surface area contributed by atoms with Gasteiger partial charge >= 0.3 is 6.03 Å². The van der Waals surface area contributed by atoms with Crippen LogP contribution < -0.4 is 15.0 Å². The van der Waals surface area contributed by atoms with Crippen LogP contribution in [0.15, 0.2) is 66.2 Å². The number of hydrogen-bond donors (Lipinski definition) is 1. The van der Waals surface area contributed by atoms with E-state index in [-0.39, 0.29) is 22.9 Å². The second kappa shape index (κ2) is 10.0. The number of nitrogens with zero attached hydrogens (tertiary/aromatic N) is 2. The number of nitro benzene ring substituents is 1. The van der Waals surface area contributed by atoms with Crippen molar-refractivity contribution in [1.82, 2.24) is 5.32 Å². The molecule has 3 aromatic rings. The lowest BCUT2D eigenvalue weighted by molar-refractivity contribution is -0.384. The number of halogens is 1. The molecule has 1 aliphatic rings. The predicted molar refractivity (Wildman–Crippen MR) is 134 cm³/mol. The number of carbonyl (C=O) groups is 3. The van der Waals surface area contributed by atoms with E-state index in [0.29, 0.717) is 28.1 Å². The molecule has 9 nitrogen and oxygen atoms in total. The van der Waals surface area contributed by atoms with Crippen LogP contribution in [0.2, 0.25) is 5.02 Å². The zero-order valence-corrected chi connectivity index (χ0v) is 20.0. The Bertz CT molecular complexity index is 1430. The second-order valence-corrected chi connectivity index (χ2v) is 8.56. The molecule has 0 saturated carbocycles. The molecule has 0 spiro atoms. The molecule has 36 heavy (non-hydrogen) atoms. The van der Waals surface area contributed by atoms with Crippen molar-refractivity contribution in [1.29, 1.82) is 0 Å². The summed E-state index contributed by atoms with van der Waals surface area (Å²) in [7, 11) is 0. The maximum Gasteiger partial charge on any atom is 0.335 e. The van der Waals surface area contributed by atoms with Gasteiger partial charge in [-0.15, -0.1) is 0 Å². The molecule has 3 aromatic carbocycles. The van der Waals surface area contributed by atoms with Gasteiger partial charge in [0.1, 0.15) is 17.9 Å². The molecule has 0 aromatic heterocycles. The molecule has 10 heteroatoms. The van der Waals surface area contributed by atoms with Gasteiger partial charge in [0.15, 0.2) is 0 Å². The lowest BCUT2D eigenvalue weighted by atomic mass is 10.0. The van der Waals surface area contributed by atoms with E-state index in [1.165, 1.54) is 24.3 Å². The summed E-state index contributed by atoms with van der Waals surface area (Å²) in [5, 5.41) is 13.2. The predicted octanol–water partition coefficient (Wildman–Crippen LogP) is 5.11. The minimum atomic E-state index is -0.816. The number of ether oxygens (including phenoxy) is 1. The van der Waals surface area contributed by atoms with Crippen LogP contribution in [0.3, 0.4) is 0 Å². The van der Waals surface area contributed by atoms with Crippen molar-refractivity contribution in [3.8, 4) is 5.75 Å². The number of urea groups is 1. The highest BCUT2D eigenvalue weighted by Gasteiger charge is 2.37. The molecular weight excluding hydrogens is 486 g/mol. The first-order valence-corrected chi connectivity index (χ1v) is 11.2. The van der Waals surface area contributed by atoms with Crippen LogP contribution in [-0.4, -0.2) is 22.8 Å². The summed E-state index contributed by atoms with van der Waals surface area (Å²) in [6, 6.07) is 15.2. The Kier molecular flexibility index (Phi) is 6.84. The summed E-state index contributed by atoms with van der Waals surface area (Å²) in [5.74, 6) is -1.20. The molecule has 1 fully saturated rings. The van der Waals surface area contributed by atoms with Crippen molar-refractivity contribution in [3.63, 3.8) is 0 Å². The lowest BCUT2D eigenvalue weighted by Crippen LogP contribution is -2.54. The number of benzene rings is 3. The number of hydrogen-bond acceptors (Lipinski definition) is 6. The first-order chi connectivity index (χ1) is 17.1. The largest absolute Gasteiger partial charge is 0.487 e. The average molecular weight is 506 g/mol. The van der Waals surface area contributed by atoms with Crippen molar-refractivity contribution in [2.75, 3.05) is 4.90 Å². The zero-order chi connectivity index (χ0) is 26.0. The zero-order valence-electron chi connectivity index (χ0n) is 19.3. The molecule has 1 aliphatic heterocycles. The lowest BCUT2D eigenvalue weighted by Gasteiger charge is -2.27. The molecule has 182 valence electrons. The monoisotopic (exact) mass is 505 g/mol. The summed E-state index contributed by atoms with van der Waals surface area (Å²) in [6.45, 7) is 3.74. The van der Waals surface area contributed by atoms with Gasteiger partial charge in [0, 0.05) is 12.1 Å². The van der Waals surface area contributed by atoms with Gasteiger partial charge < -0.3 is 4.74 Å². The summed E-state index contributed by atoms with van der Waals surface area (Å²) in [4.78, 5) is 49.4. The molecule has 0 bridgehead atoms. The van der Waals surface area contributed by atoms with Crippen molar-refractivity contribution in [3.05, 3.63) is 104 Å². The third-order valence-corrected chi connectivity index (χ3v) is 5.81. The fourth-order valence-electron chi connectivity index (χ4n) is 3.60. The molecule has 1 N–H and O–H groups in total. The third-order valence-electron chi connectivity index (χ3n) is 5.52. The maximum atomic E-state index is 13.2. The Morgan fingerprint density at radius 2 is 1.75 bits per heavy atom. The number of barbiturate groups is 1. The first-order valence-electron chi connectivity index (χ1n) is 10.8. The highest BCUT2D eigenvalue weighted by Crippen LogP contribution is 2.29. The quantitative estimate of drug-likeness (QED) is 0.215. The van der Waals surface area contributed by atoms with Crippen LogP contribution in [0.25, 0.3) is 6.08 Å². The van der Waals surface area contributed by atoms with Crippen LogP contribution >= 0.6 is 11.6 Å². The molecule has 1 heterocycles. The van der Waals surface area contributed by atoms with E-state index >= 15 is 0 Å². The van der Waals surface area contributed by atoms with Gasteiger partial charge in [0.2, 0.25) is 0 Å². The van der Waals surface area contributed by atoms with E-state index in [1.54, 1.807) is 43.3 Å². The Morgan fingerprint density at radius 1 is 1.03 bits per heavy atom. The molecule has 1 saturated heterocycles. The van der Waals surface area contributed by atoms with Crippen LogP contribution in [-0.2, 0) is 16.2 Å². The van der Waals surface area contributed by atoms with Gasteiger partial charge in [0.25, 0.3) is 17.5 Å². The van der Waals surface area contributed by atoms with E-state index in [2.05, 4.69) is 5.32 Å². The summed E-state index contributed by atoms with van der Waals surface area (Å²) in [5.41, 5.74) is 2.88. The highest BCUT2D eigenvalue weighted by molar-refractivity contribution is 6.39. The third kappa shape index (κ3) is 5.11. The maximum absolute atomic E-state index is 13.2. The number of rotatable bonds is 6. The van der Waals surface area contributed by atoms with Crippen LogP contribution in [0, 0.1) is 24.0 Å². The van der Waals surface area contributed by atoms with Crippen molar-refractivity contribution < 1.29 is 24.0 Å². The fourth-order valence-corrected chi connectivity index (χ4v) is 3.85. The number of aryl methyl sites for hydroxylation is 2. The second-order valence-electron chi connectivity index (χ2n) is 8.15. The Balaban J connectivity index is 1.55. The SMILES string of the molecule is Cc1ccc(C)c(N2C(=O)NC(=O)/C(=C\c3ccc(OCc4ccc([N+](=O)[O-])cc4)c(Cl)c3)C2=O)c1. The first kappa shape index (κ1) is 24.6. The normalized spacial score (nSPS) is 14.7. The van der Waals surface area contributed by atoms with Gasteiger partial charge in [-0.3, -0.25) is 25.0 Å². The fraction of sp³-hybridized carbons (Fsp3) is 0.115. The number of imide groups is 2. The van der Waals surface area contributed by atoms with Crippen molar-refractivity contribution in [2.24, 2.45) is 0 Å². The number of nitrogens with one attached hydrogen (secondary N) is 1. The Labute approximate surface area is 211 Å². The van der Waals surface area contributed by atoms with E-state index in [4.69, 9.17) is 16.3 Å². The molecule has 0 unspecified atom stereocenters. The van der Waals surface area contributed by atoms with Gasteiger partial charge in [-0.25, -0.2) is 9.69 Å². The summed E-state index contributed by atoms with van der Waals surface area (Å²) < 4.78 is 5.70. The minimum absolute atomic E-state index is 0.0201. The molecule has 0 atom stereocenters. The van der Waals surface area contributed by atoms with Crippen LogP contribution in [0.5, 0.6) is 5.75 Å². The number of nitro groups is 1. The van der Waals surface area contributed by atoms with Gasteiger partial charge in [-0.05, 0) is 72.5 Å². The Hall–Kier alpha value is -4.50. The molecule has 4 amide bonds.